The lowest BCUT2D eigenvalue weighted by Crippen LogP contribution is -2.31. The number of nitrogens with zero attached hydrogens (tertiary/aromatic N) is 3. The van der Waals surface area contributed by atoms with Gasteiger partial charge in [-0.05, 0) is 42.2 Å². The number of carbonyl (C=O) groups is 1. The van der Waals surface area contributed by atoms with Gasteiger partial charge in [0.15, 0.2) is 5.13 Å². The van der Waals surface area contributed by atoms with E-state index in [1.54, 1.807) is 28.9 Å². The molecule has 0 saturated carbocycles. The quantitative estimate of drug-likeness (QED) is 0.368. The molecule has 0 N–H and O–H groups in total. The highest BCUT2D eigenvalue weighted by atomic mass is 32.2. The van der Waals surface area contributed by atoms with Crippen molar-refractivity contribution in [3.05, 3.63) is 83.9 Å². The van der Waals surface area contributed by atoms with Crippen molar-refractivity contribution in [3.63, 3.8) is 0 Å². The number of pyridine rings is 1. The van der Waals surface area contributed by atoms with Crippen molar-refractivity contribution < 1.29 is 9.18 Å². The Balaban J connectivity index is 1.79. The first-order chi connectivity index (χ1) is 14.2. The van der Waals surface area contributed by atoms with E-state index in [1.165, 1.54) is 17.4 Å². The Morgan fingerprint density at radius 3 is 2.69 bits per heavy atom. The van der Waals surface area contributed by atoms with Crippen LogP contribution in [0.4, 0.5) is 9.52 Å². The number of amides is 1. The second kappa shape index (κ2) is 8.71. The van der Waals surface area contributed by atoms with Crippen LogP contribution >= 0.6 is 23.1 Å². The maximum absolute atomic E-state index is 14.2. The van der Waals surface area contributed by atoms with Crippen LogP contribution in [0.25, 0.3) is 10.2 Å². The number of aromatic nitrogens is 2. The summed E-state index contributed by atoms with van der Waals surface area (Å²) in [6, 6.07) is 17.9. The van der Waals surface area contributed by atoms with Gasteiger partial charge in [-0.2, -0.15) is 0 Å². The normalized spacial score (nSPS) is 11.0. The van der Waals surface area contributed by atoms with Gasteiger partial charge in [0.05, 0.1) is 22.5 Å². The van der Waals surface area contributed by atoms with E-state index in [1.807, 2.05) is 55.5 Å². The first kappa shape index (κ1) is 19.5. The molecule has 0 radical (unpaired) electrons. The van der Waals surface area contributed by atoms with Crippen molar-refractivity contribution in [2.75, 3.05) is 10.7 Å². The van der Waals surface area contributed by atoms with E-state index >= 15 is 0 Å². The van der Waals surface area contributed by atoms with Crippen LogP contribution in [0.15, 0.2) is 71.8 Å². The molecule has 146 valence electrons. The summed E-state index contributed by atoms with van der Waals surface area (Å²) in [5.74, 6) is 0.292. The molecule has 0 unspecified atom stereocenters. The summed E-state index contributed by atoms with van der Waals surface area (Å²) in [6.07, 6.45) is 1.69. The van der Waals surface area contributed by atoms with Gasteiger partial charge in [0.1, 0.15) is 11.3 Å². The van der Waals surface area contributed by atoms with E-state index in [0.717, 1.165) is 16.3 Å². The van der Waals surface area contributed by atoms with Crippen molar-refractivity contribution in [2.24, 2.45) is 0 Å². The summed E-state index contributed by atoms with van der Waals surface area (Å²) in [5, 5.41) is 0.456. The zero-order valence-corrected chi connectivity index (χ0v) is 17.3. The Kier molecular flexibility index (Phi) is 5.87. The van der Waals surface area contributed by atoms with Crippen LogP contribution in [-0.4, -0.2) is 21.6 Å². The zero-order valence-electron chi connectivity index (χ0n) is 15.7. The van der Waals surface area contributed by atoms with Crippen molar-refractivity contribution in [1.82, 2.24) is 9.97 Å². The molecular formula is C22H18FN3OS2. The monoisotopic (exact) mass is 423 g/mol. The first-order valence-corrected chi connectivity index (χ1v) is 11.0. The number of fused-ring (bicyclic) bond motifs is 1. The van der Waals surface area contributed by atoms with Gasteiger partial charge in [-0.3, -0.25) is 14.7 Å². The molecule has 4 rings (SSSR count). The zero-order chi connectivity index (χ0) is 20.2. The number of hydrogen-bond acceptors (Lipinski definition) is 5. The van der Waals surface area contributed by atoms with Gasteiger partial charge in [0, 0.05) is 11.1 Å². The maximum Gasteiger partial charge on any atom is 0.261 e. The number of carbonyl (C=O) groups excluding carboxylic acids is 1. The number of rotatable bonds is 6. The van der Waals surface area contributed by atoms with Crippen LogP contribution in [-0.2, 0) is 6.54 Å². The third-order valence-corrected chi connectivity index (χ3v) is 6.30. The lowest BCUT2D eigenvalue weighted by Gasteiger charge is -2.21. The molecule has 1 amide bonds. The standard InChI is InChI=1S/C22H18FN3OS2/c1-2-28-18-11-4-3-9-16(18)21(27)26(14-15-8-5-6-13-24-15)22-25-20-17(23)10-7-12-19(20)29-22/h3-13H,2,14H2,1H3. The van der Waals surface area contributed by atoms with E-state index in [4.69, 9.17) is 0 Å². The highest BCUT2D eigenvalue weighted by Gasteiger charge is 2.24. The smallest absolute Gasteiger partial charge is 0.261 e. The van der Waals surface area contributed by atoms with E-state index in [9.17, 15) is 9.18 Å². The SMILES string of the molecule is CCSc1ccccc1C(=O)N(Cc1ccccn1)c1nc2c(F)cccc2s1. The molecule has 29 heavy (non-hydrogen) atoms. The Morgan fingerprint density at radius 2 is 1.93 bits per heavy atom. The maximum atomic E-state index is 14.2. The molecule has 0 aliphatic heterocycles. The summed E-state index contributed by atoms with van der Waals surface area (Å²) in [5.41, 5.74) is 1.62. The molecule has 0 bridgehead atoms. The van der Waals surface area contributed by atoms with Crippen molar-refractivity contribution in [3.8, 4) is 0 Å². The highest BCUT2D eigenvalue weighted by Crippen LogP contribution is 2.33. The summed E-state index contributed by atoms with van der Waals surface area (Å²) < 4.78 is 14.9. The van der Waals surface area contributed by atoms with Crippen molar-refractivity contribution in [1.29, 1.82) is 0 Å². The fourth-order valence-corrected chi connectivity index (χ4v) is 4.74. The minimum absolute atomic E-state index is 0.174. The van der Waals surface area contributed by atoms with Crippen LogP contribution in [0, 0.1) is 5.82 Å². The number of benzene rings is 2. The Hall–Kier alpha value is -2.77. The van der Waals surface area contributed by atoms with Gasteiger partial charge in [-0.15, -0.1) is 11.8 Å². The highest BCUT2D eigenvalue weighted by molar-refractivity contribution is 7.99. The third kappa shape index (κ3) is 4.16. The summed E-state index contributed by atoms with van der Waals surface area (Å²) in [4.78, 5) is 24.9. The second-order valence-electron chi connectivity index (χ2n) is 6.22. The Bertz CT molecular complexity index is 1150. The van der Waals surface area contributed by atoms with Gasteiger partial charge >= 0.3 is 0 Å². The third-order valence-electron chi connectivity index (χ3n) is 4.30. The van der Waals surface area contributed by atoms with Crippen LogP contribution in [0.5, 0.6) is 0 Å². The number of hydrogen-bond donors (Lipinski definition) is 0. The second-order valence-corrected chi connectivity index (χ2v) is 8.54. The molecule has 0 aliphatic carbocycles. The van der Waals surface area contributed by atoms with Gasteiger partial charge in [0.2, 0.25) is 0 Å². The molecule has 0 aliphatic rings. The van der Waals surface area contributed by atoms with E-state index in [2.05, 4.69) is 9.97 Å². The van der Waals surface area contributed by atoms with E-state index < -0.39 is 5.82 Å². The van der Waals surface area contributed by atoms with Crippen molar-refractivity contribution in [2.45, 2.75) is 18.4 Å². The fraction of sp³-hybridized carbons (Fsp3) is 0.136. The van der Waals surface area contributed by atoms with Crippen LogP contribution in [0.2, 0.25) is 0 Å². The minimum Gasteiger partial charge on any atom is -0.278 e. The summed E-state index contributed by atoms with van der Waals surface area (Å²) in [7, 11) is 0. The van der Waals surface area contributed by atoms with Gasteiger partial charge in [0.25, 0.3) is 5.91 Å². The molecule has 0 spiro atoms. The predicted octanol–water partition coefficient (Wildman–Crippen LogP) is 5.79. The Labute approximate surface area is 176 Å². The number of anilines is 1. The van der Waals surface area contributed by atoms with Crippen LogP contribution < -0.4 is 4.90 Å². The molecule has 0 saturated heterocycles. The number of thioether (sulfide) groups is 1. The van der Waals surface area contributed by atoms with Gasteiger partial charge in [-0.25, -0.2) is 9.37 Å². The first-order valence-electron chi connectivity index (χ1n) is 9.16. The lowest BCUT2D eigenvalue weighted by molar-refractivity contribution is 0.0982. The molecule has 2 aromatic carbocycles. The van der Waals surface area contributed by atoms with Gasteiger partial charge in [-0.1, -0.05) is 42.5 Å². The predicted molar refractivity (Wildman–Crippen MR) is 117 cm³/mol. The average molecular weight is 424 g/mol. The number of para-hydroxylation sites is 1. The minimum atomic E-state index is -0.392. The number of halogens is 1. The molecule has 0 atom stereocenters. The van der Waals surface area contributed by atoms with E-state index in [-0.39, 0.29) is 18.0 Å². The largest absolute Gasteiger partial charge is 0.278 e. The molecule has 2 aromatic heterocycles. The molecule has 2 heterocycles. The molecule has 4 nitrogen and oxygen atoms in total. The van der Waals surface area contributed by atoms with Crippen molar-refractivity contribution >= 4 is 44.4 Å². The molecule has 4 aromatic rings. The number of thiazole rings is 1. The fourth-order valence-electron chi connectivity index (χ4n) is 2.97. The van der Waals surface area contributed by atoms with Crippen LogP contribution in [0.1, 0.15) is 23.0 Å². The lowest BCUT2D eigenvalue weighted by atomic mass is 10.2. The average Bonchev–Trinajstić information content (AvgIpc) is 3.18. The molecule has 0 fully saturated rings. The molecule has 7 heteroatoms. The topological polar surface area (TPSA) is 46.1 Å². The van der Waals surface area contributed by atoms with Crippen LogP contribution in [0.3, 0.4) is 0 Å². The Morgan fingerprint density at radius 1 is 1.10 bits per heavy atom. The van der Waals surface area contributed by atoms with Gasteiger partial charge < -0.3 is 0 Å². The van der Waals surface area contributed by atoms with E-state index in [0.29, 0.717) is 15.4 Å². The summed E-state index contributed by atoms with van der Waals surface area (Å²) in [6.45, 7) is 2.31. The molecular weight excluding hydrogens is 405 g/mol. The summed E-state index contributed by atoms with van der Waals surface area (Å²) >= 11 is 2.92.